The first-order valence-electron chi connectivity index (χ1n) is 4.43. The van der Waals surface area contributed by atoms with Crippen molar-refractivity contribution in [1.29, 1.82) is 0 Å². The molecule has 0 aliphatic rings. The van der Waals surface area contributed by atoms with Crippen molar-refractivity contribution in [2.75, 3.05) is 0 Å². The number of carbonyl (C=O) groups is 4. The monoisotopic (exact) mass is 353 g/mol. The van der Waals surface area contributed by atoms with Crippen molar-refractivity contribution in [1.82, 2.24) is 5.32 Å². The molecule has 0 aromatic rings. The van der Waals surface area contributed by atoms with Gasteiger partial charge >= 0.3 is 118 Å². The van der Waals surface area contributed by atoms with E-state index in [9.17, 15) is 39.6 Å². The third-order valence-electron chi connectivity index (χ3n) is 1.85. The van der Waals surface area contributed by atoms with E-state index in [-0.39, 0.29) is 118 Å². The summed E-state index contributed by atoms with van der Waals surface area (Å²) >= 11 is 0. The molecule has 1 unspecified atom stereocenters. The molecule has 0 saturated carbocycles. The van der Waals surface area contributed by atoms with Crippen LogP contribution < -0.4 is 144 Å². The summed E-state index contributed by atoms with van der Waals surface area (Å²) in [7, 11) is 0. The Hall–Kier alpha value is 1.80. The molecule has 0 aromatic carbocycles. The van der Waals surface area contributed by atoms with Gasteiger partial charge in [0.2, 0.25) is 0 Å². The first kappa shape index (κ1) is 35.0. The number of aliphatic carboxylic acids is 4. The Bertz CT molecular complexity index is 381. The third-order valence-corrected chi connectivity index (χ3v) is 1.85. The number of rotatable bonds is 8. The van der Waals surface area contributed by atoms with E-state index in [0.717, 1.165) is 0 Å². The predicted molar refractivity (Wildman–Crippen MR) is 41.4 cm³/mol. The van der Waals surface area contributed by atoms with Gasteiger partial charge in [-0.25, -0.2) is 0 Å². The number of carboxylic acid groups (broad SMARTS) is 4. The summed E-state index contributed by atoms with van der Waals surface area (Å²) in [6.07, 6.45) is -3.81. The van der Waals surface area contributed by atoms with Crippen LogP contribution in [0.25, 0.3) is 0 Å². The van der Waals surface area contributed by atoms with E-state index < -0.39 is 48.5 Å². The van der Waals surface area contributed by atoms with Crippen molar-refractivity contribution < 1.29 is 163 Å². The van der Waals surface area contributed by atoms with Gasteiger partial charge in [0.05, 0.1) is 30.0 Å². The molecule has 0 aromatic heterocycles. The van der Waals surface area contributed by atoms with Crippen molar-refractivity contribution in [3.8, 4) is 0 Å². The number of hydrogen-bond acceptors (Lipinski definition) is 10. The largest absolute Gasteiger partial charge is 1.00 e. The summed E-state index contributed by atoms with van der Waals surface area (Å²) in [6.45, 7) is 0. The maximum Gasteiger partial charge on any atom is 1.00 e. The van der Waals surface area contributed by atoms with Crippen LogP contribution in [0.4, 0.5) is 0 Å². The minimum atomic E-state index is -2.63. The van der Waals surface area contributed by atoms with Gasteiger partial charge in [-0.15, -0.1) is 0 Å². The van der Waals surface area contributed by atoms with E-state index in [1.165, 1.54) is 0 Å². The van der Waals surface area contributed by atoms with Crippen molar-refractivity contribution in [2.24, 2.45) is 0 Å². The fourth-order valence-electron chi connectivity index (χ4n) is 1.02. The van der Waals surface area contributed by atoms with Gasteiger partial charge in [0, 0.05) is 12.4 Å². The van der Waals surface area contributed by atoms with E-state index in [4.69, 9.17) is 5.11 Å². The van der Waals surface area contributed by atoms with Crippen molar-refractivity contribution in [3.63, 3.8) is 0 Å². The molecule has 0 amide bonds. The molecule has 0 rings (SSSR count). The average Bonchev–Trinajstić information content (AvgIpc) is 2.21. The van der Waals surface area contributed by atoms with Gasteiger partial charge in [-0.1, -0.05) is 0 Å². The second-order valence-corrected chi connectivity index (χ2v) is 3.18. The Morgan fingerprint density at radius 3 is 1.45 bits per heavy atom. The zero-order chi connectivity index (χ0) is 14.5. The van der Waals surface area contributed by atoms with Crippen LogP contribution in [-0.4, -0.2) is 47.2 Å². The van der Waals surface area contributed by atoms with E-state index >= 15 is 0 Å². The summed E-state index contributed by atoms with van der Waals surface area (Å²) in [5, 5.41) is 51.8. The summed E-state index contributed by atoms with van der Waals surface area (Å²) in [4.78, 5) is 41.4. The minimum absolute atomic E-state index is 0. The molecule has 14 heteroatoms. The van der Waals surface area contributed by atoms with Crippen LogP contribution in [0.3, 0.4) is 0 Å². The van der Waals surface area contributed by atoms with Gasteiger partial charge in [0.15, 0.2) is 0 Å². The molecule has 0 radical (unpaired) electrons. The maximum atomic E-state index is 10.5. The molecule has 3 atom stereocenters. The van der Waals surface area contributed by atoms with Crippen LogP contribution in [0, 0.1) is 0 Å². The minimum Gasteiger partial charge on any atom is -0.550 e. The molecule has 0 saturated heterocycles. The average molecular weight is 353 g/mol. The molecular formula is C8H7NNa4O9. The normalized spacial score (nSPS) is 12.6. The number of carboxylic acids is 4. The fourth-order valence-corrected chi connectivity index (χ4v) is 1.02. The van der Waals surface area contributed by atoms with Gasteiger partial charge in [-0.3, -0.25) is 5.32 Å². The molecular weight excluding hydrogens is 346 g/mol. The smallest absolute Gasteiger partial charge is 0.550 e. The first-order valence-corrected chi connectivity index (χ1v) is 4.43. The fraction of sp³-hybridized carbons (Fsp3) is 0.500. The maximum absolute atomic E-state index is 10.5. The molecule has 0 fully saturated rings. The van der Waals surface area contributed by atoms with Gasteiger partial charge < -0.3 is 44.7 Å². The first-order chi connectivity index (χ1) is 8.16. The van der Waals surface area contributed by atoms with E-state index in [2.05, 4.69) is 0 Å². The Kier molecular flexibility index (Phi) is 28.0. The zero-order valence-electron chi connectivity index (χ0n) is 12.7. The molecule has 10 nitrogen and oxygen atoms in total. The SMILES string of the molecule is O=C([O-])C[C@H](N[C@H](C(=O)[O-])C(O)C(=O)[O-])C(=O)[O-].[Na+].[Na+].[Na+].[Na+]. The molecule has 0 spiro atoms. The van der Waals surface area contributed by atoms with Crippen molar-refractivity contribution >= 4 is 23.9 Å². The zero-order valence-corrected chi connectivity index (χ0v) is 20.7. The van der Waals surface area contributed by atoms with Crippen LogP contribution in [0.15, 0.2) is 0 Å². The molecule has 0 aliphatic heterocycles. The van der Waals surface area contributed by atoms with Crippen LogP contribution in [0.2, 0.25) is 0 Å². The van der Waals surface area contributed by atoms with Gasteiger partial charge in [-0.05, 0) is 0 Å². The van der Waals surface area contributed by atoms with E-state index in [1.807, 2.05) is 0 Å². The third kappa shape index (κ3) is 14.2. The van der Waals surface area contributed by atoms with Gasteiger partial charge in [0.1, 0.15) is 6.10 Å². The van der Waals surface area contributed by atoms with Crippen molar-refractivity contribution in [3.05, 3.63) is 0 Å². The quantitative estimate of drug-likeness (QED) is 0.396. The van der Waals surface area contributed by atoms with Crippen LogP contribution in [0.1, 0.15) is 6.42 Å². The molecule has 22 heavy (non-hydrogen) atoms. The van der Waals surface area contributed by atoms with Crippen LogP contribution in [-0.2, 0) is 19.2 Å². The second-order valence-electron chi connectivity index (χ2n) is 3.18. The van der Waals surface area contributed by atoms with Gasteiger partial charge in [-0.2, -0.15) is 0 Å². The molecule has 0 bridgehead atoms. The summed E-state index contributed by atoms with van der Waals surface area (Å²) in [5.41, 5.74) is 0. The Morgan fingerprint density at radius 1 is 0.818 bits per heavy atom. The summed E-state index contributed by atoms with van der Waals surface area (Å²) < 4.78 is 0. The van der Waals surface area contributed by atoms with Crippen molar-refractivity contribution in [2.45, 2.75) is 24.6 Å². The number of carbonyl (C=O) groups excluding carboxylic acids is 4. The van der Waals surface area contributed by atoms with Gasteiger partial charge in [0.25, 0.3) is 0 Å². The molecule has 2 N–H and O–H groups in total. The van der Waals surface area contributed by atoms with Crippen LogP contribution >= 0.6 is 0 Å². The molecule has 0 aliphatic carbocycles. The second kappa shape index (κ2) is 17.6. The summed E-state index contributed by atoms with van der Waals surface area (Å²) in [5.74, 6) is -8.23. The molecule has 0 heterocycles. The summed E-state index contributed by atoms with van der Waals surface area (Å²) in [6, 6.07) is -4.45. The topological polar surface area (TPSA) is 193 Å². The Morgan fingerprint density at radius 2 is 1.23 bits per heavy atom. The number of aliphatic hydroxyl groups is 1. The predicted octanol–water partition coefficient (Wildman–Crippen LogP) is -19.9. The number of nitrogens with one attached hydrogen (secondary N) is 1. The Labute approximate surface area is 213 Å². The standard InChI is InChI=1S/C8H11NO9.4Na/c10-3(11)1-2(6(13)14)9-4(7(15)16)5(12)8(17)18;;;;/h2,4-5,9,12H,1H2,(H,10,11)(H,13,14)(H,15,16)(H,17,18);;;;/q;4*+1/p-4/t2-,4-,5?;;;;/m0..../s1. The Balaban J connectivity index is -0.000000241. The van der Waals surface area contributed by atoms with Crippen LogP contribution in [0.5, 0.6) is 0 Å². The van der Waals surface area contributed by atoms with E-state index in [1.54, 1.807) is 5.32 Å². The van der Waals surface area contributed by atoms with E-state index in [0.29, 0.717) is 0 Å². The molecule has 102 valence electrons. The number of hydrogen-bond donors (Lipinski definition) is 2. The number of aliphatic hydroxyl groups excluding tert-OH is 1.